The first-order valence-electron chi connectivity index (χ1n) is 22.9. The lowest BCUT2D eigenvalue weighted by Gasteiger charge is -2.30. The minimum absolute atomic E-state index is 1.08. The second-order valence-corrected chi connectivity index (χ2v) is 18.3. The molecule has 0 aliphatic carbocycles. The Balaban J connectivity index is 1.06. The Kier molecular flexibility index (Phi) is 9.40. The number of anilines is 3. The summed E-state index contributed by atoms with van der Waals surface area (Å²) in [6, 6.07) is 93.3. The van der Waals surface area contributed by atoms with Crippen LogP contribution in [0.3, 0.4) is 0 Å². The molecular formula is C64H42N2S. The molecule has 0 bridgehead atoms. The van der Waals surface area contributed by atoms with Gasteiger partial charge >= 0.3 is 0 Å². The fourth-order valence-corrected chi connectivity index (χ4v) is 11.6. The van der Waals surface area contributed by atoms with Crippen molar-refractivity contribution in [3.8, 4) is 50.2 Å². The van der Waals surface area contributed by atoms with Crippen LogP contribution in [0.1, 0.15) is 0 Å². The standard InChI is InChI=1S/C64H42N2S/c1-3-19-43(20-4-1)50-31-16-21-44-22-17-33-54(63(44)50)52-28-8-12-35-58(52)66(48-26-15-23-45(41-48)51-32-18-38-62-64(51)55-30-10-14-37-61(55)67-62)57-34-11-7-27-49(57)46-39-40-60-56(42-46)53-29-9-13-36-59(53)65(60)47-24-5-2-6-25-47/h1-42H. The zero-order chi connectivity index (χ0) is 44.3. The van der Waals surface area contributed by atoms with Gasteiger partial charge in [0.05, 0.1) is 22.4 Å². The van der Waals surface area contributed by atoms with Gasteiger partial charge < -0.3 is 9.47 Å². The number of para-hydroxylation sites is 4. The van der Waals surface area contributed by atoms with Gasteiger partial charge in [0.1, 0.15) is 0 Å². The normalized spacial score (nSPS) is 11.6. The van der Waals surface area contributed by atoms with Gasteiger partial charge in [-0.1, -0.05) is 188 Å². The van der Waals surface area contributed by atoms with Crippen LogP contribution in [-0.4, -0.2) is 4.57 Å². The molecule has 0 aliphatic heterocycles. The highest BCUT2D eigenvalue weighted by molar-refractivity contribution is 7.25. The van der Waals surface area contributed by atoms with Crippen LogP contribution in [0.4, 0.5) is 17.1 Å². The van der Waals surface area contributed by atoms with Crippen LogP contribution >= 0.6 is 11.3 Å². The second-order valence-electron chi connectivity index (χ2n) is 17.2. The lowest BCUT2D eigenvalue weighted by molar-refractivity contribution is 1.18. The zero-order valence-electron chi connectivity index (χ0n) is 36.6. The number of hydrogen-bond acceptors (Lipinski definition) is 2. The monoisotopic (exact) mass is 870 g/mol. The van der Waals surface area contributed by atoms with Crippen molar-refractivity contribution < 1.29 is 0 Å². The van der Waals surface area contributed by atoms with Crippen LogP contribution in [-0.2, 0) is 0 Å². The number of fused-ring (bicyclic) bond motifs is 7. The zero-order valence-corrected chi connectivity index (χ0v) is 37.4. The van der Waals surface area contributed by atoms with E-state index >= 15 is 0 Å². The Morgan fingerprint density at radius 2 is 0.866 bits per heavy atom. The number of rotatable bonds is 8. The molecule has 0 spiro atoms. The summed E-state index contributed by atoms with van der Waals surface area (Å²) in [4.78, 5) is 2.50. The molecule has 0 saturated heterocycles. The highest BCUT2D eigenvalue weighted by Crippen LogP contribution is 2.49. The van der Waals surface area contributed by atoms with Gasteiger partial charge in [0, 0.05) is 53.4 Å². The maximum absolute atomic E-state index is 2.50. The van der Waals surface area contributed by atoms with E-state index in [4.69, 9.17) is 0 Å². The molecule has 0 amide bonds. The maximum atomic E-state index is 2.50. The molecule has 2 aromatic heterocycles. The molecule has 314 valence electrons. The van der Waals surface area contributed by atoms with Crippen molar-refractivity contribution in [1.29, 1.82) is 0 Å². The minimum atomic E-state index is 1.08. The van der Waals surface area contributed by atoms with Crippen molar-refractivity contribution in [2.75, 3.05) is 4.90 Å². The molecular weight excluding hydrogens is 829 g/mol. The number of aromatic nitrogens is 1. The number of benzene rings is 11. The predicted octanol–water partition coefficient (Wildman–Crippen LogP) is 18.4. The van der Waals surface area contributed by atoms with Gasteiger partial charge in [-0.2, -0.15) is 0 Å². The van der Waals surface area contributed by atoms with Crippen molar-refractivity contribution in [2.24, 2.45) is 0 Å². The number of thiophene rings is 1. The number of hydrogen-bond donors (Lipinski definition) is 0. The molecule has 13 aromatic rings. The molecule has 0 fully saturated rings. The quantitative estimate of drug-likeness (QED) is 0.148. The topological polar surface area (TPSA) is 8.17 Å². The van der Waals surface area contributed by atoms with Gasteiger partial charge in [-0.05, 0) is 111 Å². The fourth-order valence-electron chi connectivity index (χ4n) is 10.5. The number of nitrogens with zero attached hydrogens (tertiary/aromatic N) is 2. The Bertz CT molecular complexity index is 3990. The van der Waals surface area contributed by atoms with Crippen LogP contribution in [0.2, 0.25) is 0 Å². The smallest absolute Gasteiger partial charge is 0.0541 e. The van der Waals surface area contributed by atoms with Crippen molar-refractivity contribution in [3.63, 3.8) is 0 Å². The predicted molar refractivity (Wildman–Crippen MR) is 288 cm³/mol. The van der Waals surface area contributed by atoms with E-state index in [0.717, 1.165) is 39.4 Å². The van der Waals surface area contributed by atoms with Crippen molar-refractivity contribution in [1.82, 2.24) is 4.57 Å². The minimum Gasteiger partial charge on any atom is -0.309 e. The van der Waals surface area contributed by atoms with Crippen LogP contribution < -0.4 is 4.90 Å². The molecule has 13 rings (SSSR count). The van der Waals surface area contributed by atoms with Crippen LogP contribution in [0, 0.1) is 0 Å². The van der Waals surface area contributed by atoms with Crippen LogP contribution in [0.15, 0.2) is 255 Å². The molecule has 0 radical (unpaired) electrons. The molecule has 0 unspecified atom stereocenters. The summed E-state index contributed by atoms with van der Waals surface area (Å²) in [5.41, 5.74) is 16.3. The molecule has 0 saturated carbocycles. The van der Waals surface area contributed by atoms with Gasteiger partial charge in [0.15, 0.2) is 0 Å². The maximum Gasteiger partial charge on any atom is 0.0541 e. The van der Waals surface area contributed by atoms with Crippen LogP contribution in [0.5, 0.6) is 0 Å². The Morgan fingerprint density at radius 1 is 0.313 bits per heavy atom. The molecule has 2 heterocycles. The summed E-state index contributed by atoms with van der Waals surface area (Å²) < 4.78 is 4.99. The fraction of sp³-hybridized carbons (Fsp3) is 0. The molecule has 0 N–H and O–H groups in total. The van der Waals surface area contributed by atoms with Gasteiger partial charge in [-0.15, -0.1) is 11.3 Å². The third kappa shape index (κ3) is 6.55. The van der Waals surface area contributed by atoms with Gasteiger partial charge in [0.2, 0.25) is 0 Å². The van der Waals surface area contributed by atoms with E-state index in [0.29, 0.717) is 0 Å². The van der Waals surface area contributed by atoms with E-state index < -0.39 is 0 Å². The van der Waals surface area contributed by atoms with Crippen molar-refractivity contribution in [2.45, 2.75) is 0 Å². The molecule has 0 atom stereocenters. The molecule has 2 nitrogen and oxygen atoms in total. The average molecular weight is 871 g/mol. The van der Waals surface area contributed by atoms with Crippen molar-refractivity contribution >= 4 is 81.1 Å². The third-order valence-electron chi connectivity index (χ3n) is 13.4. The summed E-state index contributed by atoms with van der Waals surface area (Å²) in [5.74, 6) is 0. The summed E-state index contributed by atoms with van der Waals surface area (Å²) in [5, 5.41) is 7.51. The molecule has 67 heavy (non-hydrogen) atoms. The highest BCUT2D eigenvalue weighted by atomic mass is 32.1. The molecule has 3 heteroatoms. The summed E-state index contributed by atoms with van der Waals surface area (Å²) >= 11 is 1.86. The second kappa shape index (κ2) is 16.2. The first-order valence-corrected chi connectivity index (χ1v) is 23.7. The molecule has 11 aromatic carbocycles. The van der Waals surface area contributed by atoms with E-state index in [9.17, 15) is 0 Å². The van der Waals surface area contributed by atoms with Crippen molar-refractivity contribution in [3.05, 3.63) is 255 Å². The summed E-state index contributed by atoms with van der Waals surface area (Å²) in [6.45, 7) is 0. The lowest BCUT2D eigenvalue weighted by atomic mass is 9.90. The van der Waals surface area contributed by atoms with Gasteiger partial charge in [-0.25, -0.2) is 0 Å². The first kappa shape index (κ1) is 38.9. The van der Waals surface area contributed by atoms with E-state index in [1.165, 1.54) is 80.6 Å². The Labute approximate surface area is 393 Å². The van der Waals surface area contributed by atoms with E-state index in [-0.39, 0.29) is 0 Å². The van der Waals surface area contributed by atoms with Gasteiger partial charge in [0.25, 0.3) is 0 Å². The van der Waals surface area contributed by atoms with Crippen LogP contribution in [0.25, 0.3) is 103 Å². The first-order chi connectivity index (χ1) is 33.3. The van der Waals surface area contributed by atoms with E-state index in [1.807, 2.05) is 11.3 Å². The lowest BCUT2D eigenvalue weighted by Crippen LogP contribution is -2.12. The molecule has 0 aliphatic rings. The largest absolute Gasteiger partial charge is 0.309 e. The van der Waals surface area contributed by atoms with Gasteiger partial charge in [-0.3, -0.25) is 0 Å². The average Bonchev–Trinajstić information content (AvgIpc) is 3.95. The highest BCUT2D eigenvalue weighted by Gasteiger charge is 2.24. The summed E-state index contributed by atoms with van der Waals surface area (Å²) in [7, 11) is 0. The summed E-state index contributed by atoms with van der Waals surface area (Å²) in [6.07, 6.45) is 0. The Hall–Kier alpha value is -8.50. The van der Waals surface area contributed by atoms with E-state index in [1.54, 1.807) is 0 Å². The SMILES string of the molecule is c1ccc(-c2cccc3cccc(-c4ccccc4N(c4cccc(-c5cccc6sc7ccccc7c56)c4)c4ccccc4-c4ccc5c(c4)c4ccccc4n5-c4ccccc4)c23)cc1. The third-order valence-corrected chi connectivity index (χ3v) is 14.5. The Morgan fingerprint density at radius 3 is 1.69 bits per heavy atom. The van der Waals surface area contributed by atoms with E-state index in [2.05, 4.69) is 264 Å².